The molecule has 5 aliphatic rings. The van der Waals surface area contributed by atoms with Crippen LogP contribution in [0.4, 0.5) is 13.8 Å². The second-order valence-electron chi connectivity index (χ2n) is 14.6. The van der Waals surface area contributed by atoms with Gasteiger partial charge in [0.05, 0.1) is 19.9 Å². The molecule has 11 nitrogen and oxygen atoms in total. The lowest BCUT2D eigenvalue weighted by atomic mass is 9.95. The molecule has 4 aromatic rings. The molecular weight excluding hydrogens is 791 g/mol. The molecule has 3 N–H and O–H groups in total. The standard InChI is InChI=1S/C36H36F2IN7O4S/c1-15(21-4-3-10-44(21)2)50-34-36(48)46-22(17-9-11-45(13-17)35(47)29-27(42-29)16-5-6-16)14-49-31-26(39)24(25(38)28(43-34)30(31)46)18-7-8-20(37)32-23(18)19(12-40)33(41)51-32/h7-8,15-17,21-22,27,29,42H,3-6,9-11,13-14,41H2,1-2H3/t15-,17?,21-,22?,27-,29+/m0/s1. The number of likely N-dealkylation sites (N-methyl/N-ethyl adjacent to an activating group) is 1. The van der Waals surface area contributed by atoms with Gasteiger partial charge >= 0.3 is 5.56 Å². The molecule has 6 atom stereocenters. The van der Waals surface area contributed by atoms with Crippen molar-refractivity contribution in [3.8, 4) is 28.8 Å². The van der Waals surface area contributed by atoms with Crippen LogP contribution in [0.15, 0.2) is 16.9 Å². The minimum absolute atomic E-state index is 0.0564. The van der Waals surface area contributed by atoms with Crippen molar-refractivity contribution in [2.75, 3.05) is 39.0 Å². The summed E-state index contributed by atoms with van der Waals surface area (Å²) in [5.41, 5.74) is 6.16. The molecule has 2 unspecified atom stereocenters. The number of hydrogen-bond acceptors (Lipinski definition) is 10. The van der Waals surface area contributed by atoms with Gasteiger partial charge in [0.1, 0.15) is 46.7 Å². The Balaban J connectivity index is 1.19. The van der Waals surface area contributed by atoms with Crippen molar-refractivity contribution in [3.63, 3.8) is 0 Å². The van der Waals surface area contributed by atoms with E-state index in [1.54, 1.807) is 4.57 Å². The number of hydrogen-bond donors (Lipinski definition) is 2. The average Bonchev–Trinajstić information content (AvgIpc) is 3.98. The van der Waals surface area contributed by atoms with E-state index in [2.05, 4.69) is 21.3 Å². The van der Waals surface area contributed by atoms with Crippen LogP contribution in [0.2, 0.25) is 0 Å². The van der Waals surface area contributed by atoms with Gasteiger partial charge in [-0.15, -0.1) is 11.3 Å². The lowest BCUT2D eigenvalue weighted by Gasteiger charge is -2.33. The van der Waals surface area contributed by atoms with Gasteiger partial charge in [0.2, 0.25) is 5.91 Å². The number of nitrogen functional groups attached to an aromatic ring is 1. The molecular formula is C36H36F2IN7O4S. The maximum atomic E-state index is 17.3. The third-order valence-corrected chi connectivity index (χ3v) is 13.6. The van der Waals surface area contributed by atoms with E-state index in [1.165, 1.54) is 12.1 Å². The molecule has 2 aromatic carbocycles. The Morgan fingerprint density at radius 1 is 1.24 bits per heavy atom. The van der Waals surface area contributed by atoms with Crippen molar-refractivity contribution in [2.45, 2.75) is 69.3 Å². The van der Waals surface area contributed by atoms with Gasteiger partial charge in [-0.05, 0) is 92.8 Å². The summed E-state index contributed by atoms with van der Waals surface area (Å²) < 4.78 is 47.3. The van der Waals surface area contributed by atoms with Crippen molar-refractivity contribution < 1.29 is 23.0 Å². The largest absolute Gasteiger partial charge is 0.488 e. The normalized spacial score (nSPS) is 26.4. The predicted octanol–water partition coefficient (Wildman–Crippen LogP) is 5.01. The van der Waals surface area contributed by atoms with Gasteiger partial charge in [0.15, 0.2) is 11.6 Å². The highest BCUT2D eigenvalue weighted by atomic mass is 127. The number of carbonyl (C=O) groups is 1. The molecule has 4 fully saturated rings. The summed E-state index contributed by atoms with van der Waals surface area (Å²) in [6, 6.07) is 4.41. The number of nitrogens with zero attached hydrogens (tertiary/aromatic N) is 5. The second kappa shape index (κ2) is 12.2. The number of nitrogens with two attached hydrogens (primary N) is 1. The van der Waals surface area contributed by atoms with Crippen molar-refractivity contribution >= 4 is 66.0 Å². The van der Waals surface area contributed by atoms with Crippen molar-refractivity contribution in [1.29, 1.82) is 5.26 Å². The molecule has 15 heteroatoms. The number of ether oxygens (including phenoxy) is 2. The Labute approximate surface area is 309 Å². The zero-order valence-electron chi connectivity index (χ0n) is 28.0. The molecule has 1 saturated carbocycles. The summed E-state index contributed by atoms with van der Waals surface area (Å²) in [5.74, 6) is -0.688. The average molecular weight is 828 g/mol. The lowest BCUT2D eigenvalue weighted by molar-refractivity contribution is -0.129. The maximum absolute atomic E-state index is 17.3. The molecule has 266 valence electrons. The lowest BCUT2D eigenvalue weighted by Crippen LogP contribution is -2.42. The van der Waals surface area contributed by atoms with Gasteiger partial charge in [-0.25, -0.2) is 13.8 Å². The van der Waals surface area contributed by atoms with Crippen molar-refractivity contribution in [2.24, 2.45) is 11.8 Å². The molecule has 0 bridgehead atoms. The van der Waals surface area contributed by atoms with Crippen LogP contribution in [0.3, 0.4) is 0 Å². The molecule has 1 aliphatic carbocycles. The number of nitrogens with one attached hydrogen (secondary N) is 1. The fourth-order valence-electron chi connectivity index (χ4n) is 8.71. The highest BCUT2D eigenvalue weighted by molar-refractivity contribution is 14.1. The molecule has 6 heterocycles. The summed E-state index contributed by atoms with van der Waals surface area (Å²) in [5, 5.41) is 13.7. The maximum Gasteiger partial charge on any atom is 0.314 e. The fraction of sp³-hybridized carbons (Fsp3) is 0.500. The molecule has 1 amide bonds. The van der Waals surface area contributed by atoms with Gasteiger partial charge in [-0.1, -0.05) is 6.07 Å². The first-order valence-electron chi connectivity index (χ1n) is 17.5. The summed E-state index contributed by atoms with van der Waals surface area (Å²) in [4.78, 5) is 36.6. The van der Waals surface area contributed by atoms with Crippen LogP contribution < -0.4 is 26.1 Å². The Hall–Kier alpha value is -3.59. The minimum atomic E-state index is -0.748. The van der Waals surface area contributed by atoms with E-state index < -0.39 is 29.3 Å². The third kappa shape index (κ3) is 5.22. The Kier molecular flexibility index (Phi) is 7.98. The molecule has 4 aliphatic heterocycles. The van der Waals surface area contributed by atoms with Crippen LogP contribution in [0.1, 0.15) is 50.6 Å². The number of rotatable bonds is 7. The van der Waals surface area contributed by atoms with Gasteiger partial charge in [0.25, 0.3) is 5.88 Å². The first-order valence-corrected chi connectivity index (χ1v) is 19.4. The number of benzene rings is 2. The van der Waals surface area contributed by atoms with Crippen molar-refractivity contribution in [3.05, 3.63) is 43.3 Å². The van der Waals surface area contributed by atoms with E-state index in [9.17, 15) is 14.9 Å². The summed E-state index contributed by atoms with van der Waals surface area (Å²) in [6.45, 7) is 3.94. The molecule has 2 aromatic heterocycles. The number of aromatic nitrogens is 2. The van der Waals surface area contributed by atoms with Crippen molar-refractivity contribution in [1.82, 2.24) is 24.7 Å². The Morgan fingerprint density at radius 3 is 2.76 bits per heavy atom. The number of thiophene rings is 1. The van der Waals surface area contributed by atoms with E-state index in [1.807, 2.05) is 41.5 Å². The molecule has 0 spiro atoms. The Morgan fingerprint density at radius 2 is 2.04 bits per heavy atom. The van der Waals surface area contributed by atoms with Gasteiger partial charge < -0.3 is 20.1 Å². The first kappa shape index (κ1) is 33.3. The molecule has 0 radical (unpaired) electrons. The number of carbonyl (C=O) groups excluding carboxylic acids is 1. The van der Waals surface area contributed by atoms with Crippen LogP contribution in [-0.4, -0.2) is 82.8 Å². The van der Waals surface area contributed by atoms with E-state index in [4.69, 9.17) is 15.2 Å². The number of nitriles is 1. The second-order valence-corrected chi connectivity index (χ2v) is 16.7. The minimum Gasteiger partial charge on any atom is -0.488 e. The van der Waals surface area contributed by atoms with Crippen LogP contribution in [0.5, 0.6) is 11.6 Å². The smallest absolute Gasteiger partial charge is 0.314 e. The van der Waals surface area contributed by atoms with E-state index in [0.717, 1.165) is 43.6 Å². The highest BCUT2D eigenvalue weighted by Gasteiger charge is 2.53. The number of amides is 1. The molecule has 51 heavy (non-hydrogen) atoms. The first-order chi connectivity index (χ1) is 24.6. The van der Waals surface area contributed by atoms with Gasteiger partial charge in [-0.3, -0.25) is 24.4 Å². The summed E-state index contributed by atoms with van der Waals surface area (Å²) >= 11 is 2.93. The highest BCUT2D eigenvalue weighted by Crippen LogP contribution is 2.49. The molecule has 3 saturated heterocycles. The van der Waals surface area contributed by atoms with Gasteiger partial charge in [-0.2, -0.15) is 5.26 Å². The third-order valence-electron chi connectivity index (χ3n) is 11.6. The molecule has 9 rings (SSSR count). The SMILES string of the molecule is C[C@H](Oc1nc2c(F)c(-c3ccc(F)c4sc(N)c(C#N)c34)c(I)c3c2n(c1=O)C(C1CCN(C(=O)[C@@H]2N[C@H]2C2CC2)C1)CO3)[C@@H]1CCCN1C. The van der Waals surface area contributed by atoms with Crippen LogP contribution >= 0.6 is 33.9 Å². The predicted molar refractivity (Wildman–Crippen MR) is 197 cm³/mol. The fourth-order valence-corrected chi connectivity index (χ4v) is 10.6. The number of anilines is 1. The zero-order valence-corrected chi connectivity index (χ0v) is 31.0. The van der Waals surface area contributed by atoms with E-state index in [0.29, 0.717) is 29.0 Å². The number of halogens is 3. The number of likely N-dealkylation sites (tertiary alicyclic amines) is 2. The van der Waals surface area contributed by atoms with Gasteiger partial charge in [0, 0.05) is 42.0 Å². The quantitative estimate of drug-likeness (QED) is 0.194. The van der Waals surface area contributed by atoms with Crippen LogP contribution in [-0.2, 0) is 4.79 Å². The van der Waals surface area contributed by atoms with E-state index in [-0.39, 0.29) is 91.0 Å². The summed E-state index contributed by atoms with van der Waals surface area (Å²) in [6.07, 6.45) is 4.48. The summed E-state index contributed by atoms with van der Waals surface area (Å²) in [7, 11) is 2.02. The topological polar surface area (TPSA) is 149 Å². The zero-order chi connectivity index (χ0) is 35.5. The monoisotopic (exact) mass is 827 g/mol. The van der Waals surface area contributed by atoms with E-state index >= 15 is 8.78 Å². The Bertz CT molecular complexity index is 2250. The number of fused-ring (bicyclic) bond motifs is 1. The van der Waals surface area contributed by atoms with Crippen LogP contribution in [0, 0.1) is 38.4 Å². The van der Waals surface area contributed by atoms with Crippen LogP contribution in [0.25, 0.3) is 32.2 Å².